The molecule has 0 heterocycles. The van der Waals surface area contributed by atoms with E-state index in [0.717, 1.165) is 89.9 Å². The number of carbonyl (C=O) groups excluding carboxylic acids is 4. The Balaban J connectivity index is 5.25. The highest BCUT2D eigenvalue weighted by atomic mass is 31.2. The summed E-state index contributed by atoms with van der Waals surface area (Å²) in [5.74, 6) is -2.10. The van der Waals surface area contributed by atoms with Gasteiger partial charge in [-0.2, -0.15) is 0 Å². The van der Waals surface area contributed by atoms with Gasteiger partial charge in [0.1, 0.15) is 19.3 Å². The van der Waals surface area contributed by atoms with Gasteiger partial charge in [0.2, 0.25) is 0 Å². The van der Waals surface area contributed by atoms with E-state index in [2.05, 4.69) is 27.7 Å². The summed E-state index contributed by atoms with van der Waals surface area (Å²) in [7, 11) is -9.92. The number of phosphoric ester groups is 2. The first-order chi connectivity index (χ1) is 48.2. The molecule has 0 rings (SSSR count). The van der Waals surface area contributed by atoms with E-state index in [-0.39, 0.29) is 25.7 Å². The molecule has 3 N–H and O–H groups in total. The number of hydrogen-bond donors (Lipinski definition) is 3. The molecule has 0 saturated heterocycles. The van der Waals surface area contributed by atoms with Crippen LogP contribution in [0.15, 0.2) is 0 Å². The first kappa shape index (κ1) is 97.1. The van der Waals surface area contributed by atoms with E-state index >= 15 is 0 Å². The van der Waals surface area contributed by atoms with Gasteiger partial charge in [-0.1, -0.05) is 381 Å². The first-order valence-electron chi connectivity index (χ1n) is 41.8. The van der Waals surface area contributed by atoms with Crippen LogP contribution in [0.1, 0.15) is 432 Å². The molecule has 99 heavy (non-hydrogen) atoms. The van der Waals surface area contributed by atoms with Crippen molar-refractivity contribution >= 4 is 39.5 Å². The Hall–Kier alpha value is -1.94. The Morgan fingerprint density at radius 3 is 0.596 bits per heavy atom. The Labute approximate surface area is 607 Å². The zero-order valence-electron chi connectivity index (χ0n) is 64.5. The van der Waals surface area contributed by atoms with E-state index in [1.165, 1.54) is 263 Å². The molecule has 0 aromatic heterocycles. The molecule has 19 heteroatoms. The maximum absolute atomic E-state index is 13.1. The molecule has 588 valence electrons. The average molecular weight is 1450 g/mol. The smallest absolute Gasteiger partial charge is 0.462 e. The number of unbranched alkanes of at least 4 members (excludes halogenated alkanes) is 55. The Morgan fingerprint density at radius 2 is 0.404 bits per heavy atom. The zero-order chi connectivity index (χ0) is 72.5. The first-order valence-corrected chi connectivity index (χ1v) is 44.8. The molecule has 0 aliphatic rings. The molecule has 5 atom stereocenters. The molecule has 0 aliphatic heterocycles. The highest BCUT2D eigenvalue weighted by Crippen LogP contribution is 2.45. The van der Waals surface area contributed by atoms with E-state index in [9.17, 15) is 43.2 Å². The second kappa shape index (κ2) is 74.3. The van der Waals surface area contributed by atoms with Crippen LogP contribution >= 0.6 is 15.6 Å². The molecule has 0 aromatic carbocycles. The summed E-state index contributed by atoms with van der Waals surface area (Å²) in [6.07, 6.45) is 66.4. The molecular weight excluding hydrogens is 1290 g/mol. The molecular formula is C80H156O17P2. The number of aliphatic hydroxyl groups is 1. The van der Waals surface area contributed by atoms with E-state index < -0.39 is 97.5 Å². The number of esters is 4. The van der Waals surface area contributed by atoms with Gasteiger partial charge in [-0.25, -0.2) is 9.13 Å². The van der Waals surface area contributed by atoms with Gasteiger partial charge in [-0.3, -0.25) is 37.3 Å². The van der Waals surface area contributed by atoms with Crippen LogP contribution in [0.5, 0.6) is 0 Å². The van der Waals surface area contributed by atoms with Crippen molar-refractivity contribution in [3.63, 3.8) is 0 Å². The van der Waals surface area contributed by atoms with Crippen molar-refractivity contribution in [2.75, 3.05) is 39.6 Å². The van der Waals surface area contributed by atoms with Gasteiger partial charge in [0.15, 0.2) is 12.2 Å². The second-order valence-electron chi connectivity index (χ2n) is 28.8. The quantitative estimate of drug-likeness (QED) is 0.0222. The van der Waals surface area contributed by atoms with E-state index in [1.54, 1.807) is 0 Å². The Morgan fingerprint density at radius 1 is 0.242 bits per heavy atom. The van der Waals surface area contributed by atoms with Crippen LogP contribution in [-0.2, 0) is 65.4 Å². The number of aliphatic hydroxyl groups excluding tert-OH is 1. The van der Waals surface area contributed by atoms with Crippen molar-refractivity contribution in [1.29, 1.82) is 0 Å². The maximum Gasteiger partial charge on any atom is 0.472 e. The molecule has 0 fully saturated rings. The van der Waals surface area contributed by atoms with Gasteiger partial charge in [-0.05, 0) is 25.7 Å². The predicted octanol–water partition coefficient (Wildman–Crippen LogP) is 24.2. The maximum atomic E-state index is 13.1. The van der Waals surface area contributed by atoms with Crippen LogP contribution in [0, 0.1) is 0 Å². The number of phosphoric acid groups is 2. The molecule has 0 aromatic rings. The second-order valence-corrected chi connectivity index (χ2v) is 31.7. The lowest BCUT2D eigenvalue weighted by molar-refractivity contribution is -0.161. The minimum atomic E-state index is -4.96. The van der Waals surface area contributed by atoms with Crippen LogP contribution < -0.4 is 0 Å². The van der Waals surface area contributed by atoms with Gasteiger partial charge in [0.05, 0.1) is 26.4 Å². The topological polar surface area (TPSA) is 237 Å². The number of carbonyl (C=O) groups is 4. The normalized spacial score (nSPS) is 13.8. The fourth-order valence-corrected chi connectivity index (χ4v) is 14.0. The molecule has 0 radical (unpaired) electrons. The predicted molar refractivity (Wildman–Crippen MR) is 405 cm³/mol. The molecule has 0 bridgehead atoms. The highest BCUT2D eigenvalue weighted by Gasteiger charge is 2.30. The summed E-state index contributed by atoms with van der Waals surface area (Å²) in [5.41, 5.74) is 0. The van der Waals surface area contributed by atoms with Gasteiger partial charge in [0, 0.05) is 25.7 Å². The van der Waals surface area contributed by atoms with Crippen LogP contribution in [0.25, 0.3) is 0 Å². The van der Waals surface area contributed by atoms with Gasteiger partial charge >= 0.3 is 39.5 Å². The van der Waals surface area contributed by atoms with Crippen LogP contribution in [0.3, 0.4) is 0 Å². The van der Waals surface area contributed by atoms with Gasteiger partial charge < -0.3 is 33.8 Å². The van der Waals surface area contributed by atoms with Crippen molar-refractivity contribution in [2.24, 2.45) is 0 Å². The third kappa shape index (κ3) is 74.1. The van der Waals surface area contributed by atoms with Crippen molar-refractivity contribution in [2.45, 2.75) is 451 Å². The summed E-state index contributed by atoms with van der Waals surface area (Å²) in [6, 6.07) is 0. The summed E-state index contributed by atoms with van der Waals surface area (Å²) < 4.78 is 68.7. The zero-order valence-corrected chi connectivity index (χ0v) is 66.3. The number of rotatable bonds is 81. The largest absolute Gasteiger partial charge is 0.472 e. The van der Waals surface area contributed by atoms with Crippen LogP contribution in [0.2, 0.25) is 0 Å². The monoisotopic (exact) mass is 1450 g/mol. The van der Waals surface area contributed by atoms with Crippen molar-refractivity contribution < 1.29 is 80.2 Å². The average Bonchev–Trinajstić information content (AvgIpc) is 1.01. The Bertz CT molecular complexity index is 1880. The number of hydrogen-bond acceptors (Lipinski definition) is 15. The summed E-state index contributed by atoms with van der Waals surface area (Å²) in [6.45, 7) is 5.03. The van der Waals surface area contributed by atoms with Gasteiger partial charge in [-0.15, -0.1) is 0 Å². The summed E-state index contributed by atoms with van der Waals surface area (Å²) in [4.78, 5) is 73.0. The van der Waals surface area contributed by atoms with Crippen molar-refractivity contribution in [3.8, 4) is 0 Å². The third-order valence-electron chi connectivity index (χ3n) is 18.9. The van der Waals surface area contributed by atoms with E-state index in [4.69, 9.17) is 37.0 Å². The molecule has 0 amide bonds. The van der Waals surface area contributed by atoms with E-state index in [0.29, 0.717) is 25.7 Å². The highest BCUT2D eigenvalue weighted by molar-refractivity contribution is 7.47. The van der Waals surface area contributed by atoms with Gasteiger partial charge in [0.25, 0.3) is 0 Å². The van der Waals surface area contributed by atoms with Crippen LogP contribution in [-0.4, -0.2) is 96.7 Å². The molecule has 0 spiro atoms. The molecule has 17 nitrogen and oxygen atoms in total. The lowest BCUT2D eigenvalue weighted by Gasteiger charge is -2.21. The van der Waals surface area contributed by atoms with E-state index in [1.807, 2.05) is 0 Å². The minimum absolute atomic E-state index is 0.109. The minimum Gasteiger partial charge on any atom is -0.462 e. The van der Waals surface area contributed by atoms with Crippen molar-refractivity contribution in [3.05, 3.63) is 0 Å². The summed E-state index contributed by atoms with van der Waals surface area (Å²) >= 11 is 0. The van der Waals surface area contributed by atoms with Crippen LogP contribution in [0.4, 0.5) is 0 Å². The fourth-order valence-electron chi connectivity index (χ4n) is 12.5. The fraction of sp³-hybridized carbons (Fsp3) is 0.950. The third-order valence-corrected chi connectivity index (χ3v) is 20.8. The lowest BCUT2D eigenvalue weighted by Crippen LogP contribution is -2.30. The lowest BCUT2D eigenvalue weighted by atomic mass is 10.0. The molecule has 2 unspecified atom stereocenters. The SMILES string of the molecule is CCCCCCCCCCCCCCCCCCCCC(=O)O[C@H](COC(=O)CCCCCCCCCCCCCCCCC)COP(=O)(O)OC[C@@H](O)COP(=O)(O)OC[C@@H](COC(=O)CCCCCCCCCCCCCCC)OC(=O)CCCCCCCCCCCCCCC. The molecule has 0 aliphatic carbocycles. The summed E-state index contributed by atoms with van der Waals surface area (Å²) in [5, 5.41) is 10.6. The molecule has 0 saturated carbocycles. The van der Waals surface area contributed by atoms with Crippen molar-refractivity contribution in [1.82, 2.24) is 0 Å². The number of ether oxygens (including phenoxy) is 4. The Kier molecular flexibility index (Phi) is 72.9. The standard InChI is InChI=1S/C80H156O17P2/c1-5-9-13-17-21-25-29-33-35-36-37-39-43-47-51-55-59-63-67-80(85)97-76(71-91-78(83)65-61-57-53-49-45-42-38-34-30-26-22-18-14-10-6-2)73-95-99(88,89)93-69-74(81)68-92-98(86,87)94-72-75(96-79(84)66-62-58-54-50-46-41-32-28-24-20-16-12-8-4)70-90-77(82)64-60-56-52-48-44-40-31-27-23-19-15-11-7-3/h74-76,81H,5-73H2,1-4H3,(H,86,87)(H,88,89)/t74-,75+,76+/m0/s1.